The van der Waals surface area contributed by atoms with Crippen LogP contribution in [0.2, 0.25) is 0 Å². The molecule has 0 radical (unpaired) electrons. The van der Waals surface area contributed by atoms with E-state index in [1.807, 2.05) is 32.0 Å². The molecule has 1 fully saturated rings. The van der Waals surface area contributed by atoms with Gasteiger partial charge in [0.1, 0.15) is 0 Å². The van der Waals surface area contributed by atoms with Gasteiger partial charge in [-0.05, 0) is 80.5 Å². The van der Waals surface area contributed by atoms with Gasteiger partial charge >= 0.3 is 11.8 Å². The van der Waals surface area contributed by atoms with Gasteiger partial charge in [-0.15, -0.1) is 0 Å². The smallest absolute Gasteiger partial charge is 0.313 e. The molecule has 0 saturated carbocycles. The largest absolute Gasteiger partial charge is 0.372 e. The molecule has 5 nitrogen and oxygen atoms in total. The molecule has 3 rings (SSSR count). The summed E-state index contributed by atoms with van der Waals surface area (Å²) in [5.74, 6) is -1.24. The van der Waals surface area contributed by atoms with Crippen molar-refractivity contribution in [3.63, 3.8) is 0 Å². The molecular formula is C23H29N3O2. The number of piperidine rings is 1. The molecule has 148 valence electrons. The minimum atomic E-state index is -0.634. The Labute approximate surface area is 167 Å². The lowest BCUT2D eigenvalue weighted by molar-refractivity contribution is -0.136. The highest BCUT2D eigenvalue weighted by molar-refractivity contribution is 6.39. The SMILES string of the molecule is Cc1cc(C)cc(NC(=O)C(=O)NCCc2ccc(N3CCCCC3)cc2)c1. The molecule has 0 unspecified atom stereocenters. The maximum absolute atomic E-state index is 12.1. The van der Waals surface area contributed by atoms with Crippen LogP contribution in [0.15, 0.2) is 42.5 Å². The number of carbonyl (C=O) groups excluding carboxylic acids is 2. The van der Waals surface area contributed by atoms with E-state index < -0.39 is 11.8 Å². The Morgan fingerprint density at radius 3 is 2.18 bits per heavy atom. The Bertz CT molecular complexity index is 804. The van der Waals surface area contributed by atoms with E-state index in [-0.39, 0.29) is 0 Å². The van der Waals surface area contributed by atoms with Crippen molar-refractivity contribution in [3.8, 4) is 0 Å². The van der Waals surface area contributed by atoms with E-state index >= 15 is 0 Å². The maximum atomic E-state index is 12.1. The number of nitrogens with zero attached hydrogens (tertiary/aromatic N) is 1. The number of anilines is 2. The van der Waals surface area contributed by atoms with E-state index in [1.54, 1.807) is 0 Å². The minimum absolute atomic E-state index is 0.433. The van der Waals surface area contributed by atoms with Gasteiger partial charge in [-0.1, -0.05) is 18.2 Å². The second kappa shape index (κ2) is 9.40. The first-order valence-corrected chi connectivity index (χ1v) is 10.0. The summed E-state index contributed by atoms with van der Waals surface area (Å²) >= 11 is 0. The van der Waals surface area contributed by atoms with Gasteiger partial charge in [-0.2, -0.15) is 0 Å². The van der Waals surface area contributed by atoms with Gasteiger partial charge in [-0.3, -0.25) is 9.59 Å². The molecular weight excluding hydrogens is 350 g/mol. The van der Waals surface area contributed by atoms with Crippen molar-refractivity contribution in [2.24, 2.45) is 0 Å². The average Bonchev–Trinajstić information content (AvgIpc) is 2.68. The summed E-state index contributed by atoms with van der Waals surface area (Å²) in [4.78, 5) is 26.5. The third-order valence-electron chi connectivity index (χ3n) is 5.04. The van der Waals surface area contributed by atoms with Gasteiger partial charge in [0.2, 0.25) is 0 Å². The van der Waals surface area contributed by atoms with E-state index in [1.165, 1.54) is 24.9 Å². The molecule has 2 amide bonds. The van der Waals surface area contributed by atoms with E-state index in [2.05, 4.69) is 39.8 Å². The molecule has 0 aromatic heterocycles. The van der Waals surface area contributed by atoms with E-state index in [0.29, 0.717) is 18.7 Å². The zero-order valence-electron chi connectivity index (χ0n) is 16.8. The topological polar surface area (TPSA) is 61.4 Å². The maximum Gasteiger partial charge on any atom is 0.313 e. The second-order valence-corrected chi connectivity index (χ2v) is 7.55. The van der Waals surface area contributed by atoms with Gasteiger partial charge in [0.05, 0.1) is 0 Å². The highest BCUT2D eigenvalue weighted by atomic mass is 16.2. The van der Waals surface area contributed by atoms with Crippen molar-refractivity contribution < 1.29 is 9.59 Å². The van der Waals surface area contributed by atoms with Gasteiger partial charge in [-0.25, -0.2) is 0 Å². The first kappa shape index (κ1) is 19.9. The van der Waals surface area contributed by atoms with Crippen LogP contribution in [-0.4, -0.2) is 31.4 Å². The number of aryl methyl sites for hydroxylation is 2. The van der Waals surface area contributed by atoms with Crippen molar-refractivity contribution in [3.05, 3.63) is 59.2 Å². The molecule has 2 N–H and O–H groups in total. The van der Waals surface area contributed by atoms with Gasteiger partial charge in [0.25, 0.3) is 0 Å². The summed E-state index contributed by atoms with van der Waals surface area (Å²) in [6.07, 6.45) is 4.55. The number of hydrogen-bond donors (Lipinski definition) is 2. The summed E-state index contributed by atoms with van der Waals surface area (Å²) < 4.78 is 0. The molecule has 1 aliphatic rings. The van der Waals surface area contributed by atoms with Crippen molar-refractivity contribution in [2.75, 3.05) is 29.9 Å². The Morgan fingerprint density at radius 2 is 1.54 bits per heavy atom. The predicted octanol–water partition coefficient (Wildman–Crippen LogP) is 3.59. The third-order valence-corrected chi connectivity index (χ3v) is 5.04. The fourth-order valence-corrected chi connectivity index (χ4v) is 3.66. The van der Waals surface area contributed by atoms with Crippen molar-refractivity contribution in [1.29, 1.82) is 0 Å². The van der Waals surface area contributed by atoms with Gasteiger partial charge in [0, 0.05) is 31.0 Å². The standard InChI is InChI=1S/C23H29N3O2/c1-17-14-18(2)16-20(15-17)25-23(28)22(27)24-11-10-19-6-8-21(9-7-19)26-12-4-3-5-13-26/h6-9,14-16H,3-5,10-13H2,1-2H3,(H,24,27)(H,25,28). The van der Waals surface area contributed by atoms with Crippen molar-refractivity contribution in [1.82, 2.24) is 5.32 Å². The Kier molecular flexibility index (Phi) is 6.69. The zero-order chi connectivity index (χ0) is 19.9. The van der Waals surface area contributed by atoms with Crippen LogP contribution in [0.1, 0.15) is 36.0 Å². The summed E-state index contributed by atoms with van der Waals surface area (Å²) in [6.45, 7) is 6.61. The summed E-state index contributed by atoms with van der Waals surface area (Å²) in [6, 6.07) is 14.2. The molecule has 0 bridgehead atoms. The molecule has 28 heavy (non-hydrogen) atoms. The zero-order valence-corrected chi connectivity index (χ0v) is 16.8. The molecule has 1 aliphatic heterocycles. The minimum Gasteiger partial charge on any atom is -0.372 e. The van der Waals surface area contributed by atoms with E-state index in [0.717, 1.165) is 29.8 Å². The van der Waals surface area contributed by atoms with E-state index in [9.17, 15) is 9.59 Å². The summed E-state index contributed by atoms with van der Waals surface area (Å²) in [5, 5.41) is 5.36. The molecule has 0 spiro atoms. The lowest BCUT2D eigenvalue weighted by Crippen LogP contribution is -2.36. The molecule has 2 aromatic carbocycles. The van der Waals surface area contributed by atoms with Gasteiger partial charge in [0.15, 0.2) is 0 Å². The molecule has 5 heteroatoms. The molecule has 1 heterocycles. The van der Waals surface area contributed by atoms with Crippen LogP contribution in [0.3, 0.4) is 0 Å². The Morgan fingerprint density at radius 1 is 0.893 bits per heavy atom. The van der Waals surface area contributed by atoms with Crippen LogP contribution in [-0.2, 0) is 16.0 Å². The fraction of sp³-hybridized carbons (Fsp3) is 0.391. The third kappa shape index (κ3) is 5.59. The van der Waals surface area contributed by atoms with Crippen molar-refractivity contribution in [2.45, 2.75) is 39.5 Å². The molecule has 0 aliphatic carbocycles. The predicted molar refractivity (Wildman–Crippen MR) is 114 cm³/mol. The normalized spacial score (nSPS) is 13.9. The summed E-state index contributed by atoms with van der Waals surface area (Å²) in [5.41, 5.74) is 5.15. The highest BCUT2D eigenvalue weighted by Gasteiger charge is 2.14. The lowest BCUT2D eigenvalue weighted by atomic mass is 10.1. The average molecular weight is 380 g/mol. The Hall–Kier alpha value is -2.82. The first-order chi connectivity index (χ1) is 13.5. The van der Waals surface area contributed by atoms with Crippen LogP contribution >= 0.6 is 0 Å². The number of amides is 2. The first-order valence-electron chi connectivity index (χ1n) is 10.0. The van der Waals surface area contributed by atoms with E-state index in [4.69, 9.17) is 0 Å². The molecule has 2 aromatic rings. The second-order valence-electron chi connectivity index (χ2n) is 7.55. The quantitative estimate of drug-likeness (QED) is 0.781. The number of carbonyl (C=O) groups is 2. The lowest BCUT2D eigenvalue weighted by Gasteiger charge is -2.28. The molecule has 0 atom stereocenters. The number of benzene rings is 2. The number of hydrogen-bond acceptors (Lipinski definition) is 3. The van der Waals surface area contributed by atoms with Crippen LogP contribution in [0, 0.1) is 13.8 Å². The molecule has 1 saturated heterocycles. The Balaban J connectivity index is 1.44. The van der Waals surface area contributed by atoms with Crippen LogP contribution in [0.25, 0.3) is 0 Å². The highest BCUT2D eigenvalue weighted by Crippen LogP contribution is 2.20. The van der Waals surface area contributed by atoms with Crippen LogP contribution in [0.4, 0.5) is 11.4 Å². The van der Waals surface area contributed by atoms with Crippen LogP contribution < -0.4 is 15.5 Å². The van der Waals surface area contributed by atoms with Crippen molar-refractivity contribution >= 4 is 23.2 Å². The number of rotatable bonds is 5. The summed E-state index contributed by atoms with van der Waals surface area (Å²) in [7, 11) is 0. The van der Waals surface area contributed by atoms with Gasteiger partial charge < -0.3 is 15.5 Å². The van der Waals surface area contributed by atoms with Crippen LogP contribution in [0.5, 0.6) is 0 Å². The fourth-order valence-electron chi connectivity index (χ4n) is 3.66. The monoisotopic (exact) mass is 379 g/mol. The number of nitrogens with one attached hydrogen (secondary N) is 2.